The Labute approximate surface area is 70.6 Å². The zero-order valence-corrected chi connectivity index (χ0v) is 7.35. The first-order chi connectivity index (χ1) is 5.09. The van der Waals surface area contributed by atoms with Gasteiger partial charge in [-0.2, -0.15) is 5.10 Å². The van der Waals surface area contributed by atoms with E-state index >= 15 is 0 Å². The van der Waals surface area contributed by atoms with Crippen molar-refractivity contribution in [2.24, 2.45) is 0 Å². The van der Waals surface area contributed by atoms with Gasteiger partial charge in [-0.25, -0.2) is 18.4 Å². The highest BCUT2D eigenvalue weighted by Crippen LogP contribution is 2.08. The number of hydrogen-bond acceptors (Lipinski definition) is 2. The van der Waals surface area contributed by atoms with Gasteiger partial charge < -0.3 is 0 Å². The van der Waals surface area contributed by atoms with Gasteiger partial charge in [0, 0.05) is 0 Å². The van der Waals surface area contributed by atoms with Gasteiger partial charge in [-0.1, -0.05) is 0 Å². The highest BCUT2D eigenvalue weighted by molar-refractivity contribution is 9.10. The van der Waals surface area contributed by atoms with Crippen molar-refractivity contribution in [3.8, 4) is 0 Å². The maximum Gasteiger partial charge on any atom is 0.258 e. The molecule has 0 saturated heterocycles. The third-order valence-electron chi connectivity index (χ3n) is 1.04. The second-order valence-electron chi connectivity index (χ2n) is 2.00. The third kappa shape index (κ3) is 2.21. The molecule has 6 heteroatoms. The van der Waals surface area contributed by atoms with Crippen LogP contribution in [-0.4, -0.2) is 21.2 Å². The molecule has 0 N–H and O–H groups in total. The summed E-state index contributed by atoms with van der Waals surface area (Å²) in [5.41, 5.74) is 0. The fourth-order valence-corrected chi connectivity index (χ4v) is 1.16. The summed E-state index contributed by atoms with van der Waals surface area (Å²) in [6.07, 6.45) is -2.40. The van der Waals surface area contributed by atoms with Gasteiger partial charge in [0.1, 0.15) is 12.4 Å². The van der Waals surface area contributed by atoms with Crippen LogP contribution in [0.1, 0.15) is 5.82 Å². The predicted octanol–water partition coefficient (Wildman–Crippen LogP) is 1.61. The van der Waals surface area contributed by atoms with Crippen molar-refractivity contribution in [3.63, 3.8) is 0 Å². The smallest absolute Gasteiger partial charge is 0.234 e. The Bertz CT molecular complexity index is 248. The summed E-state index contributed by atoms with van der Waals surface area (Å²) < 4.78 is 25.1. The Balaban J connectivity index is 2.77. The fraction of sp³-hybridized carbons (Fsp3) is 0.600. The quantitative estimate of drug-likeness (QED) is 0.766. The summed E-state index contributed by atoms with van der Waals surface area (Å²) in [6.45, 7) is 1.23. The molecule has 1 aromatic rings. The molecule has 0 saturated carbocycles. The fourth-order valence-electron chi connectivity index (χ4n) is 0.676. The molecule has 1 heterocycles. The first-order valence-electron chi connectivity index (χ1n) is 2.94. The van der Waals surface area contributed by atoms with Crippen LogP contribution < -0.4 is 0 Å². The van der Waals surface area contributed by atoms with E-state index in [1.54, 1.807) is 6.92 Å². The molecule has 0 atom stereocenters. The van der Waals surface area contributed by atoms with Crippen LogP contribution in [0.4, 0.5) is 8.78 Å². The van der Waals surface area contributed by atoms with Gasteiger partial charge in [0.05, 0.1) is 0 Å². The van der Waals surface area contributed by atoms with Gasteiger partial charge in [-0.15, -0.1) is 0 Å². The minimum absolute atomic E-state index is 0.343. The summed E-state index contributed by atoms with van der Waals surface area (Å²) in [5, 5.41) is 3.73. The van der Waals surface area contributed by atoms with E-state index in [4.69, 9.17) is 0 Å². The number of halogens is 3. The molecule has 1 rings (SSSR count). The molecule has 0 aliphatic rings. The molecule has 0 aliphatic carbocycles. The lowest BCUT2D eigenvalue weighted by Crippen LogP contribution is -2.08. The molecule has 62 valence electrons. The zero-order valence-electron chi connectivity index (χ0n) is 5.76. The number of nitrogens with zero attached hydrogens (tertiary/aromatic N) is 3. The second kappa shape index (κ2) is 3.25. The molecule has 0 aromatic carbocycles. The van der Waals surface area contributed by atoms with Crippen molar-refractivity contribution in [3.05, 3.63) is 10.6 Å². The van der Waals surface area contributed by atoms with Crippen LogP contribution in [0.15, 0.2) is 4.73 Å². The van der Waals surface area contributed by atoms with Gasteiger partial charge in [-0.05, 0) is 22.9 Å². The molecule has 11 heavy (non-hydrogen) atoms. The maximum absolute atomic E-state index is 11.8. The molecule has 0 fully saturated rings. The highest BCUT2D eigenvalue weighted by atomic mass is 79.9. The Morgan fingerprint density at radius 1 is 1.64 bits per heavy atom. The SMILES string of the molecule is Cc1nc(Br)n(CC(F)F)n1. The van der Waals surface area contributed by atoms with Crippen molar-refractivity contribution in [2.45, 2.75) is 19.9 Å². The zero-order chi connectivity index (χ0) is 8.43. The average Bonchev–Trinajstić information content (AvgIpc) is 2.09. The minimum Gasteiger partial charge on any atom is -0.234 e. The molecule has 0 unspecified atom stereocenters. The van der Waals surface area contributed by atoms with E-state index in [2.05, 4.69) is 26.0 Å². The van der Waals surface area contributed by atoms with E-state index in [0.717, 1.165) is 4.68 Å². The van der Waals surface area contributed by atoms with Crippen LogP contribution in [0, 0.1) is 6.92 Å². The van der Waals surface area contributed by atoms with E-state index in [9.17, 15) is 8.78 Å². The molecule has 3 nitrogen and oxygen atoms in total. The number of rotatable bonds is 2. The van der Waals surface area contributed by atoms with Crippen LogP contribution in [0.3, 0.4) is 0 Å². The second-order valence-corrected chi connectivity index (χ2v) is 2.71. The van der Waals surface area contributed by atoms with Crippen LogP contribution in [0.25, 0.3) is 0 Å². The number of hydrogen-bond donors (Lipinski definition) is 0. The largest absolute Gasteiger partial charge is 0.258 e. The van der Waals surface area contributed by atoms with Crippen molar-refractivity contribution in [1.29, 1.82) is 0 Å². The van der Waals surface area contributed by atoms with Crippen LogP contribution in [-0.2, 0) is 6.54 Å². The molecule has 0 radical (unpaired) electrons. The third-order valence-corrected chi connectivity index (χ3v) is 1.63. The Hall–Kier alpha value is -0.520. The van der Waals surface area contributed by atoms with Crippen LogP contribution in [0.2, 0.25) is 0 Å². The first kappa shape index (κ1) is 8.58. The monoisotopic (exact) mass is 225 g/mol. The summed E-state index contributed by atoms with van der Waals surface area (Å²) in [7, 11) is 0. The standard InChI is InChI=1S/C5H6BrF2N3/c1-3-9-5(6)11(10-3)2-4(7)8/h4H,2H2,1H3. The number of aromatic nitrogens is 3. The van der Waals surface area contributed by atoms with Gasteiger partial charge >= 0.3 is 0 Å². The molecule has 0 bridgehead atoms. The van der Waals surface area contributed by atoms with Crippen LogP contribution >= 0.6 is 15.9 Å². The van der Waals surface area contributed by atoms with Gasteiger partial charge in [0.25, 0.3) is 6.43 Å². The Morgan fingerprint density at radius 2 is 2.27 bits per heavy atom. The Morgan fingerprint density at radius 3 is 2.64 bits per heavy atom. The summed E-state index contributed by atoms with van der Waals surface area (Å²) in [5.74, 6) is 0.484. The Kier molecular flexibility index (Phi) is 2.53. The van der Waals surface area contributed by atoms with Gasteiger partial charge in [0.2, 0.25) is 0 Å². The van der Waals surface area contributed by atoms with Gasteiger partial charge in [-0.3, -0.25) is 0 Å². The van der Waals surface area contributed by atoms with Crippen molar-refractivity contribution in [1.82, 2.24) is 14.8 Å². The molecule has 0 spiro atoms. The van der Waals surface area contributed by atoms with E-state index in [0.29, 0.717) is 10.6 Å². The minimum atomic E-state index is -2.40. The topological polar surface area (TPSA) is 30.7 Å². The van der Waals surface area contributed by atoms with Crippen molar-refractivity contribution in [2.75, 3.05) is 0 Å². The number of aryl methyl sites for hydroxylation is 1. The number of alkyl halides is 2. The highest BCUT2D eigenvalue weighted by Gasteiger charge is 2.09. The first-order valence-corrected chi connectivity index (χ1v) is 3.74. The molecule has 0 amide bonds. The maximum atomic E-state index is 11.8. The summed E-state index contributed by atoms with van der Waals surface area (Å²) >= 11 is 3.00. The average molecular weight is 226 g/mol. The molecule has 0 aliphatic heterocycles. The lowest BCUT2D eigenvalue weighted by atomic mass is 10.7. The normalized spacial score (nSPS) is 11.0. The summed E-state index contributed by atoms with van der Waals surface area (Å²) in [6, 6.07) is 0. The molecule has 1 aromatic heterocycles. The van der Waals surface area contributed by atoms with E-state index in [1.807, 2.05) is 0 Å². The lowest BCUT2D eigenvalue weighted by Gasteiger charge is -1.98. The van der Waals surface area contributed by atoms with E-state index in [-0.39, 0.29) is 0 Å². The predicted molar refractivity (Wildman–Crippen MR) is 38.5 cm³/mol. The summed E-state index contributed by atoms with van der Waals surface area (Å²) in [4.78, 5) is 3.80. The molecular formula is C5H6BrF2N3. The van der Waals surface area contributed by atoms with Crippen molar-refractivity contribution < 1.29 is 8.78 Å². The van der Waals surface area contributed by atoms with E-state index in [1.165, 1.54) is 0 Å². The van der Waals surface area contributed by atoms with E-state index < -0.39 is 13.0 Å². The van der Waals surface area contributed by atoms with Gasteiger partial charge in [0.15, 0.2) is 4.73 Å². The van der Waals surface area contributed by atoms with Crippen LogP contribution in [0.5, 0.6) is 0 Å². The van der Waals surface area contributed by atoms with Crippen molar-refractivity contribution >= 4 is 15.9 Å². The molecular weight excluding hydrogens is 220 g/mol. The lowest BCUT2D eigenvalue weighted by molar-refractivity contribution is 0.120.